The molecule has 2 saturated carbocycles. The second-order valence-corrected chi connectivity index (χ2v) is 5.35. The van der Waals surface area contributed by atoms with Gasteiger partial charge in [0.1, 0.15) is 0 Å². The fourth-order valence-electron chi connectivity index (χ4n) is 3.16. The van der Waals surface area contributed by atoms with Gasteiger partial charge in [-0.05, 0) is 37.0 Å². The second kappa shape index (κ2) is 3.40. The van der Waals surface area contributed by atoms with Crippen molar-refractivity contribution in [2.24, 2.45) is 11.3 Å². The Hall–Kier alpha value is 0. The molecule has 0 aromatic rings. The van der Waals surface area contributed by atoms with Gasteiger partial charge in [0.25, 0.3) is 0 Å². The van der Waals surface area contributed by atoms with Gasteiger partial charge in [0.15, 0.2) is 0 Å². The van der Waals surface area contributed by atoms with Gasteiger partial charge in [-0.1, -0.05) is 39.0 Å². The molecule has 0 aromatic carbocycles. The first kappa shape index (κ1) is 8.59. The quantitative estimate of drug-likeness (QED) is 0.507. The van der Waals surface area contributed by atoms with Crippen LogP contribution in [0.25, 0.3) is 0 Å². The predicted molar refractivity (Wildman–Crippen MR) is 53.2 cm³/mol. The molecule has 0 aliphatic heterocycles. The van der Waals surface area contributed by atoms with Gasteiger partial charge < -0.3 is 0 Å². The van der Waals surface area contributed by atoms with Gasteiger partial charge in [0.2, 0.25) is 0 Å². The maximum absolute atomic E-state index is 2.53. The minimum Gasteiger partial charge on any atom is -0.0596 e. The molecule has 2 aliphatic rings. The van der Waals surface area contributed by atoms with Crippen LogP contribution < -0.4 is 0 Å². The second-order valence-electron chi connectivity index (χ2n) is 5.35. The van der Waals surface area contributed by atoms with Crippen LogP contribution in [0, 0.1) is 11.3 Å². The summed E-state index contributed by atoms with van der Waals surface area (Å²) in [5.74, 6) is 1.10. The van der Waals surface area contributed by atoms with Gasteiger partial charge in [-0.25, -0.2) is 0 Å². The molecule has 70 valence electrons. The van der Waals surface area contributed by atoms with Crippen molar-refractivity contribution in [3.8, 4) is 0 Å². The minimum absolute atomic E-state index is 0.745. The molecular formula is C12H22. The van der Waals surface area contributed by atoms with Crippen LogP contribution in [0.4, 0.5) is 0 Å². The Labute approximate surface area is 76.7 Å². The van der Waals surface area contributed by atoms with Gasteiger partial charge in [0, 0.05) is 0 Å². The van der Waals surface area contributed by atoms with Crippen molar-refractivity contribution in [3.05, 3.63) is 0 Å². The third kappa shape index (κ3) is 1.84. The van der Waals surface area contributed by atoms with Gasteiger partial charge in [-0.3, -0.25) is 0 Å². The van der Waals surface area contributed by atoms with E-state index in [9.17, 15) is 0 Å². The van der Waals surface area contributed by atoms with Crippen molar-refractivity contribution in [2.75, 3.05) is 0 Å². The molecule has 1 unspecified atom stereocenters. The van der Waals surface area contributed by atoms with Crippen LogP contribution in [0.15, 0.2) is 0 Å². The molecule has 2 fully saturated rings. The third-order valence-corrected chi connectivity index (χ3v) is 4.19. The first-order valence-corrected chi connectivity index (χ1v) is 5.79. The monoisotopic (exact) mass is 166 g/mol. The Morgan fingerprint density at radius 2 is 1.58 bits per heavy atom. The van der Waals surface area contributed by atoms with E-state index < -0.39 is 0 Å². The topological polar surface area (TPSA) is 0 Å². The summed E-state index contributed by atoms with van der Waals surface area (Å²) in [4.78, 5) is 0. The summed E-state index contributed by atoms with van der Waals surface area (Å²) in [6.45, 7) is 2.53. The summed E-state index contributed by atoms with van der Waals surface area (Å²) in [5.41, 5.74) is 0.745. The van der Waals surface area contributed by atoms with Gasteiger partial charge in [-0.2, -0.15) is 0 Å². The highest BCUT2D eigenvalue weighted by molar-refractivity contribution is 4.82. The van der Waals surface area contributed by atoms with E-state index in [1.807, 2.05) is 0 Å². The molecule has 2 aliphatic carbocycles. The standard InChI is InChI=1S/C12H22/c1-12-8-3-2-5-11(7-10-12)6-4-9-12/h11H,2-10H2,1H3/t11?,12-/m1/s1. The molecule has 0 aromatic heterocycles. The Morgan fingerprint density at radius 3 is 2.50 bits per heavy atom. The zero-order chi connectivity index (χ0) is 8.44. The fraction of sp³-hybridized carbons (Fsp3) is 1.00. The lowest BCUT2D eigenvalue weighted by molar-refractivity contribution is 0.225. The molecule has 0 heterocycles. The fourth-order valence-corrected chi connectivity index (χ4v) is 3.16. The van der Waals surface area contributed by atoms with Crippen molar-refractivity contribution in [3.63, 3.8) is 0 Å². The van der Waals surface area contributed by atoms with Crippen molar-refractivity contribution in [1.82, 2.24) is 0 Å². The average molecular weight is 166 g/mol. The van der Waals surface area contributed by atoms with E-state index in [0.29, 0.717) is 0 Å². The molecule has 0 nitrogen and oxygen atoms in total. The number of hydrogen-bond acceptors (Lipinski definition) is 0. The highest BCUT2D eigenvalue weighted by atomic mass is 14.3. The van der Waals surface area contributed by atoms with Crippen LogP contribution in [0.5, 0.6) is 0 Å². The molecule has 2 rings (SSSR count). The van der Waals surface area contributed by atoms with E-state index in [2.05, 4.69) is 6.92 Å². The van der Waals surface area contributed by atoms with Crippen molar-refractivity contribution in [2.45, 2.75) is 64.7 Å². The molecule has 0 N–H and O–H groups in total. The SMILES string of the molecule is C[C@@]12CCCCC(CCC1)CC2. The van der Waals surface area contributed by atoms with E-state index in [1.54, 1.807) is 0 Å². The smallest absolute Gasteiger partial charge is 0.0326 e. The van der Waals surface area contributed by atoms with Gasteiger partial charge in [-0.15, -0.1) is 0 Å². The zero-order valence-corrected chi connectivity index (χ0v) is 8.44. The highest BCUT2D eigenvalue weighted by Gasteiger charge is 2.29. The normalized spacial score (nSPS) is 43.2. The van der Waals surface area contributed by atoms with Crippen LogP contribution in [-0.2, 0) is 0 Å². The Bertz CT molecular complexity index is 146. The molecule has 12 heavy (non-hydrogen) atoms. The zero-order valence-electron chi connectivity index (χ0n) is 8.44. The molecule has 0 amide bonds. The van der Waals surface area contributed by atoms with Crippen molar-refractivity contribution >= 4 is 0 Å². The predicted octanol–water partition coefficient (Wildman–Crippen LogP) is 4.15. The number of hydrogen-bond donors (Lipinski definition) is 0. The summed E-state index contributed by atoms with van der Waals surface area (Å²) < 4.78 is 0. The van der Waals surface area contributed by atoms with Crippen LogP contribution in [0.2, 0.25) is 0 Å². The summed E-state index contributed by atoms with van der Waals surface area (Å²) in [5, 5.41) is 0. The summed E-state index contributed by atoms with van der Waals surface area (Å²) in [7, 11) is 0. The number of rotatable bonds is 0. The largest absolute Gasteiger partial charge is 0.0596 e. The first-order valence-electron chi connectivity index (χ1n) is 5.79. The minimum atomic E-state index is 0.745. The molecule has 0 saturated heterocycles. The maximum atomic E-state index is 2.53. The first-order chi connectivity index (χ1) is 5.79. The van der Waals surface area contributed by atoms with Crippen LogP contribution in [-0.4, -0.2) is 0 Å². The molecule has 0 radical (unpaired) electrons. The molecule has 0 heteroatoms. The molecule has 0 spiro atoms. The van der Waals surface area contributed by atoms with E-state index >= 15 is 0 Å². The Kier molecular flexibility index (Phi) is 2.43. The molecule has 2 bridgehead atoms. The van der Waals surface area contributed by atoms with E-state index in [-0.39, 0.29) is 0 Å². The molecule has 2 atom stereocenters. The van der Waals surface area contributed by atoms with Gasteiger partial charge >= 0.3 is 0 Å². The van der Waals surface area contributed by atoms with E-state index in [1.165, 1.54) is 57.8 Å². The number of fused-ring (bicyclic) bond motifs is 3. The summed E-state index contributed by atoms with van der Waals surface area (Å²) in [6, 6.07) is 0. The Balaban J connectivity index is 2.06. The lowest BCUT2D eigenvalue weighted by Gasteiger charge is -2.30. The van der Waals surface area contributed by atoms with E-state index in [4.69, 9.17) is 0 Å². The summed E-state index contributed by atoms with van der Waals surface area (Å²) >= 11 is 0. The lowest BCUT2D eigenvalue weighted by atomic mass is 9.76. The van der Waals surface area contributed by atoms with Crippen LogP contribution >= 0.6 is 0 Å². The average Bonchev–Trinajstić information content (AvgIpc) is 2.14. The third-order valence-electron chi connectivity index (χ3n) is 4.19. The van der Waals surface area contributed by atoms with Crippen LogP contribution in [0.1, 0.15) is 64.7 Å². The summed E-state index contributed by atoms with van der Waals surface area (Å²) in [6.07, 6.45) is 13.7. The van der Waals surface area contributed by atoms with Gasteiger partial charge in [0.05, 0.1) is 0 Å². The van der Waals surface area contributed by atoms with Crippen molar-refractivity contribution in [1.29, 1.82) is 0 Å². The Morgan fingerprint density at radius 1 is 0.833 bits per heavy atom. The maximum Gasteiger partial charge on any atom is -0.0326 e. The highest BCUT2D eigenvalue weighted by Crippen LogP contribution is 2.43. The van der Waals surface area contributed by atoms with Crippen LogP contribution in [0.3, 0.4) is 0 Å². The van der Waals surface area contributed by atoms with E-state index in [0.717, 1.165) is 11.3 Å². The lowest BCUT2D eigenvalue weighted by Crippen LogP contribution is -2.16. The molecular weight excluding hydrogens is 144 g/mol. The van der Waals surface area contributed by atoms with Crippen molar-refractivity contribution < 1.29 is 0 Å².